The van der Waals surface area contributed by atoms with Crippen molar-refractivity contribution in [3.8, 4) is 6.19 Å². The van der Waals surface area contributed by atoms with Crippen LogP contribution >= 0.6 is 0 Å². The molecule has 0 amide bonds. The molecule has 0 unspecified atom stereocenters. The molecule has 0 aliphatic heterocycles. The molecule has 0 aliphatic carbocycles. The van der Waals surface area contributed by atoms with Crippen molar-refractivity contribution >= 4 is 10.9 Å². The van der Waals surface area contributed by atoms with Gasteiger partial charge >= 0.3 is 0 Å². The minimum atomic E-state index is -0.291. The zero-order valence-corrected chi connectivity index (χ0v) is 6.77. The summed E-state index contributed by atoms with van der Waals surface area (Å²) in [4.78, 5) is 11.2. The number of benzene rings is 1. The number of nitrogens with zero attached hydrogens (tertiary/aromatic N) is 2. The summed E-state index contributed by atoms with van der Waals surface area (Å²) in [5, 5.41) is 9.62. The summed E-state index contributed by atoms with van der Waals surface area (Å²) in [5.74, 6) is 0. The van der Waals surface area contributed by atoms with Crippen LogP contribution in [0.3, 0.4) is 0 Å². The molecule has 1 aromatic heterocycles. The van der Waals surface area contributed by atoms with E-state index in [9.17, 15) is 4.79 Å². The van der Waals surface area contributed by atoms with Gasteiger partial charge in [-0.3, -0.25) is 4.79 Å². The molecule has 0 atom stereocenters. The zero-order valence-electron chi connectivity index (χ0n) is 6.77. The SMILES string of the molecule is N#Cn1c(=O)ccc2ccccc21. The van der Waals surface area contributed by atoms with Crippen molar-refractivity contribution in [3.63, 3.8) is 0 Å². The summed E-state index contributed by atoms with van der Waals surface area (Å²) in [5.41, 5.74) is 0.360. The predicted octanol–water partition coefficient (Wildman–Crippen LogP) is 1.33. The van der Waals surface area contributed by atoms with Crippen molar-refractivity contribution in [2.75, 3.05) is 0 Å². The molecule has 0 N–H and O–H groups in total. The van der Waals surface area contributed by atoms with Crippen molar-refractivity contribution in [2.24, 2.45) is 0 Å². The number of nitriles is 1. The van der Waals surface area contributed by atoms with E-state index in [0.717, 1.165) is 9.95 Å². The summed E-state index contributed by atoms with van der Waals surface area (Å²) in [6.45, 7) is 0. The minimum absolute atomic E-state index is 0.291. The Morgan fingerprint density at radius 2 is 1.92 bits per heavy atom. The van der Waals surface area contributed by atoms with E-state index in [1.165, 1.54) is 6.07 Å². The topological polar surface area (TPSA) is 45.8 Å². The third-order valence-corrected chi connectivity index (χ3v) is 1.90. The number of rotatable bonds is 0. The van der Waals surface area contributed by atoms with Gasteiger partial charge in [-0.15, -0.1) is 0 Å². The van der Waals surface area contributed by atoms with E-state index in [1.54, 1.807) is 18.2 Å². The number of aromatic nitrogens is 1. The van der Waals surface area contributed by atoms with Gasteiger partial charge < -0.3 is 0 Å². The third-order valence-electron chi connectivity index (χ3n) is 1.90. The van der Waals surface area contributed by atoms with Gasteiger partial charge in [0.05, 0.1) is 5.52 Å². The maximum absolute atomic E-state index is 11.2. The molecular formula is C10H6N2O. The molecule has 1 heterocycles. The number of fused-ring (bicyclic) bond motifs is 1. The molecule has 0 bridgehead atoms. The second-order valence-corrected chi connectivity index (χ2v) is 2.67. The highest BCUT2D eigenvalue weighted by Crippen LogP contribution is 2.09. The minimum Gasteiger partial charge on any atom is -0.268 e. The summed E-state index contributed by atoms with van der Waals surface area (Å²) in [6, 6.07) is 10.4. The Morgan fingerprint density at radius 3 is 2.69 bits per heavy atom. The molecular weight excluding hydrogens is 164 g/mol. The van der Waals surface area contributed by atoms with Gasteiger partial charge in [0.1, 0.15) is 0 Å². The van der Waals surface area contributed by atoms with Crippen LogP contribution in [0, 0.1) is 11.5 Å². The molecule has 13 heavy (non-hydrogen) atoms. The first-order valence-electron chi connectivity index (χ1n) is 3.84. The maximum Gasteiger partial charge on any atom is 0.264 e. The van der Waals surface area contributed by atoms with Gasteiger partial charge in [-0.2, -0.15) is 5.26 Å². The lowest BCUT2D eigenvalue weighted by Gasteiger charge is -1.99. The number of para-hydroxylation sites is 1. The van der Waals surface area contributed by atoms with E-state index in [0.29, 0.717) is 5.52 Å². The van der Waals surface area contributed by atoms with E-state index < -0.39 is 0 Å². The van der Waals surface area contributed by atoms with Crippen molar-refractivity contribution in [1.82, 2.24) is 4.57 Å². The highest BCUT2D eigenvalue weighted by atomic mass is 16.1. The number of hydrogen-bond donors (Lipinski definition) is 0. The number of pyridine rings is 1. The molecule has 0 saturated heterocycles. The first kappa shape index (κ1) is 7.56. The van der Waals surface area contributed by atoms with Crippen LogP contribution in [0.4, 0.5) is 0 Å². The molecule has 1 aromatic carbocycles. The molecule has 0 radical (unpaired) electrons. The molecule has 0 spiro atoms. The van der Waals surface area contributed by atoms with Crippen LogP contribution in [0.5, 0.6) is 0 Å². The Hall–Kier alpha value is -2.08. The van der Waals surface area contributed by atoms with Crippen molar-refractivity contribution in [3.05, 3.63) is 46.8 Å². The highest BCUT2D eigenvalue weighted by molar-refractivity contribution is 5.79. The lowest BCUT2D eigenvalue weighted by atomic mass is 10.2. The van der Waals surface area contributed by atoms with Gasteiger partial charge in [-0.25, -0.2) is 4.57 Å². The first-order chi connectivity index (χ1) is 6.33. The summed E-state index contributed by atoms with van der Waals surface area (Å²) in [6.07, 6.45) is 1.84. The molecule has 3 heteroatoms. The fraction of sp³-hybridized carbons (Fsp3) is 0. The van der Waals surface area contributed by atoms with Gasteiger partial charge in [0.25, 0.3) is 5.56 Å². The molecule has 0 aliphatic rings. The highest BCUT2D eigenvalue weighted by Gasteiger charge is 1.99. The van der Waals surface area contributed by atoms with Crippen molar-refractivity contribution < 1.29 is 0 Å². The largest absolute Gasteiger partial charge is 0.268 e. The van der Waals surface area contributed by atoms with Crippen molar-refractivity contribution in [1.29, 1.82) is 5.26 Å². The molecule has 2 rings (SSSR count). The summed E-state index contributed by atoms with van der Waals surface area (Å²) in [7, 11) is 0. The van der Waals surface area contributed by atoms with E-state index in [1.807, 2.05) is 18.3 Å². The van der Waals surface area contributed by atoms with E-state index in [4.69, 9.17) is 5.26 Å². The predicted molar refractivity (Wildman–Crippen MR) is 49.2 cm³/mol. The maximum atomic E-state index is 11.2. The lowest BCUT2D eigenvalue weighted by Crippen LogP contribution is -2.14. The Labute approximate surface area is 74.5 Å². The fourth-order valence-electron chi connectivity index (χ4n) is 1.29. The Balaban J connectivity index is 3.03. The zero-order chi connectivity index (χ0) is 9.26. The van der Waals surface area contributed by atoms with Gasteiger partial charge in [0.15, 0.2) is 6.19 Å². The second kappa shape index (κ2) is 2.76. The summed E-state index contributed by atoms with van der Waals surface area (Å²) < 4.78 is 1.08. The van der Waals surface area contributed by atoms with Crippen LogP contribution in [0.1, 0.15) is 0 Å². The van der Waals surface area contributed by atoms with E-state index >= 15 is 0 Å². The average Bonchev–Trinajstić information content (AvgIpc) is 2.18. The van der Waals surface area contributed by atoms with Crippen LogP contribution in [0.15, 0.2) is 41.2 Å². The smallest absolute Gasteiger partial charge is 0.264 e. The van der Waals surface area contributed by atoms with Crippen LogP contribution in [-0.2, 0) is 0 Å². The molecule has 0 fully saturated rings. The monoisotopic (exact) mass is 170 g/mol. The molecule has 3 nitrogen and oxygen atoms in total. The van der Waals surface area contributed by atoms with E-state index in [-0.39, 0.29) is 5.56 Å². The van der Waals surface area contributed by atoms with Crippen LogP contribution < -0.4 is 5.56 Å². The third kappa shape index (κ3) is 1.09. The quantitative estimate of drug-likeness (QED) is 0.598. The van der Waals surface area contributed by atoms with Gasteiger partial charge in [-0.05, 0) is 17.5 Å². The van der Waals surface area contributed by atoms with Gasteiger partial charge in [0.2, 0.25) is 0 Å². The molecule has 2 aromatic rings. The normalized spacial score (nSPS) is 9.77. The average molecular weight is 170 g/mol. The van der Waals surface area contributed by atoms with Crippen molar-refractivity contribution in [2.45, 2.75) is 0 Å². The first-order valence-corrected chi connectivity index (χ1v) is 3.84. The van der Waals surface area contributed by atoms with Gasteiger partial charge in [0, 0.05) is 6.07 Å². The van der Waals surface area contributed by atoms with Crippen LogP contribution in [0.25, 0.3) is 10.9 Å². The van der Waals surface area contributed by atoms with Gasteiger partial charge in [-0.1, -0.05) is 18.2 Å². The Kier molecular flexibility index (Phi) is 1.60. The van der Waals surface area contributed by atoms with E-state index in [2.05, 4.69) is 0 Å². The standard InChI is InChI=1S/C10H6N2O/c11-7-12-9-4-2-1-3-8(9)5-6-10(12)13/h1-6H. The lowest BCUT2D eigenvalue weighted by molar-refractivity contribution is 1.06. The summed E-state index contributed by atoms with van der Waals surface area (Å²) >= 11 is 0. The fourth-order valence-corrected chi connectivity index (χ4v) is 1.29. The second-order valence-electron chi connectivity index (χ2n) is 2.67. The Bertz CT molecular complexity index is 549. The van der Waals surface area contributed by atoms with Crippen LogP contribution in [0.2, 0.25) is 0 Å². The Morgan fingerprint density at radius 1 is 1.15 bits per heavy atom. The van der Waals surface area contributed by atoms with Crippen LogP contribution in [-0.4, -0.2) is 4.57 Å². The molecule has 62 valence electrons. The number of hydrogen-bond acceptors (Lipinski definition) is 2. The molecule has 0 saturated carbocycles.